The fourth-order valence-electron chi connectivity index (χ4n) is 2.68. The van der Waals surface area contributed by atoms with Gasteiger partial charge in [-0.2, -0.15) is 0 Å². The first-order chi connectivity index (χ1) is 9.59. The maximum Gasteiger partial charge on any atom is 0.316 e. The molecule has 2 atom stereocenters. The summed E-state index contributed by atoms with van der Waals surface area (Å²) >= 11 is 0. The molecule has 20 heavy (non-hydrogen) atoms. The maximum absolute atomic E-state index is 12.0. The minimum Gasteiger partial charge on any atom is -0.481 e. The largest absolute Gasteiger partial charge is 0.481 e. The van der Waals surface area contributed by atoms with E-state index in [9.17, 15) is 9.90 Å². The van der Waals surface area contributed by atoms with Gasteiger partial charge in [-0.1, -0.05) is 62.6 Å². The van der Waals surface area contributed by atoms with E-state index in [1.54, 1.807) is 6.08 Å². The van der Waals surface area contributed by atoms with Crippen LogP contribution in [-0.4, -0.2) is 17.1 Å². The monoisotopic (exact) mass is 275 g/mol. The first kappa shape index (κ1) is 16.4. The van der Waals surface area contributed by atoms with Gasteiger partial charge < -0.3 is 10.8 Å². The van der Waals surface area contributed by atoms with Gasteiger partial charge in [-0.15, -0.1) is 6.58 Å². The Morgan fingerprint density at radius 3 is 2.55 bits per heavy atom. The molecule has 0 aliphatic heterocycles. The van der Waals surface area contributed by atoms with Gasteiger partial charge in [0.2, 0.25) is 0 Å². The summed E-state index contributed by atoms with van der Waals surface area (Å²) in [6.07, 6.45) is 5.84. The van der Waals surface area contributed by atoms with E-state index in [1.165, 1.54) is 0 Å². The number of aliphatic carboxylic acids is 1. The average Bonchev–Trinajstić information content (AvgIpc) is 2.45. The summed E-state index contributed by atoms with van der Waals surface area (Å²) in [5.74, 6) is -0.868. The van der Waals surface area contributed by atoms with Crippen molar-refractivity contribution in [3.63, 3.8) is 0 Å². The van der Waals surface area contributed by atoms with Crippen molar-refractivity contribution in [1.82, 2.24) is 0 Å². The summed E-state index contributed by atoms with van der Waals surface area (Å²) in [5.41, 5.74) is 5.97. The normalized spacial score (nSPS) is 15.3. The van der Waals surface area contributed by atoms with Crippen LogP contribution in [0, 0.1) is 0 Å². The number of benzene rings is 1. The van der Waals surface area contributed by atoms with Crippen LogP contribution in [0.15, 0.2) is 43.0 Å². The molecule has 1 rings (SSSR count). The van der Waals surface area contributed by atoms with Crippen molar-refractivity contribution < 1.29 is 9.90 Å². The van der Waals surface area contributed by atoms with Crippen LogP contribution in [0.3, 0.4) is 0 Å². The van der Waals surface area contributed by atoms with Crippen LogP contribution in [0.25, 0.3) is 0 Å². The van der Waals surface area contributed by atoms with Gasteiger partial charge in [-0.05, 0) is 18.4 Å². The highest BCUT2D eigenvalue weighted by atomic mass is 16.4. The van der Waals surface area contributed by atoms with Crippen LogP contribution in [0.2, 0.25) is 0 Å². The predicted molar refractivity (Wildman–Crippen MR) is 82.7 cm³/mol. The minimum absolute atomic E-state index is 0.347. The third-order valence-corrected chi connectivity index (χ3v) is 3.89. The molecular formula is C17H25NO2. The van der Waals surface area contributed by atoms with Gasteiger partial charge in [-0.25, -0.2) is 0 Å². The third-order valence-electron chi connectivity index (χ3n) is 3.89. The SMILES string of the molecule is C=CC[C@@](C(=O)O)(c1ccccc1)[C@@H](N)CCCCC. The predicted octanol–water partition coefficient (Wildman–Crippen LogP) is 3.49. The Morgan fingerprint density at radius 2 is 2.05 bits per heavy atom. The second kappa shape index (κ2) is 7.85. The molecular weight excluding hydrogens is 250 g/mol. The zero-order valence-electron chi connectivity index (χ0n) is 12.2. The van der Waals surface area contributed by atoms with Gasteiger partial charge in [0.15, 0.2) is 0 Å². The molecule has 3 heteroatoms. The molecule has 1 aromatic rings. The van der Waals surface area contributed by atoms with E-state index in [0.717, 1.165) is 24.8 Å². The number of carboxylic acids is 1. The van der Waals surface area contributed by atoms with E-state index in [2.05, 4.69) is 13.5 Å². The molecule has 0 aliphatic carbocycles. The molecule has 0 amide bonds. The summed E-state index contributed by atoms with van der Waals surface area (Å²) in [6, 6.07) is 8.87. The third kappa shape index (κ3) is 3.48. The van der Waals surface area contributed by atoms with Crippen LogP contribution in [0.5, 0.6) is 0 Å². The van der Waals surface area contributed by atoms with Gasteiger partial charge in [0.05, 0.1) is 0 Å². The Bertz CT molecular complexity index is 430. The molecule has 0 saturated heterocycles. The van der Waals surface area contributed by atoms with Crippen LogP contribution >= 0.6 is 0 Å². The zero-order valence-corrected chi connectivity index (χ0v) is 12.2. The molecule has 0 radical (unpaired) electrons. The molecule has 0 saturated carbocycles. The molecule has 0 bridgehead atoms. The Balaban J connectivity index is 3.11. The number of nitrogens with two attached hydrogens (primary N) is 1. The number of hydrogen-bond donors (Lipinski definition) is 2. The van der Waals surface area contributed by atoms with Crippen LogP contribution < -0.4 is 5.73 Å². The number of carbonyl (C=O) groups is 1. The number of allylic oxidation sites excluding steroid dienone is 1. The van der Waals surface area contributed by atoms with Crippen molar-refractivity contribution in [2.24, 2.45) is 5.73 Å². The van der Waals surface area contributed by atoms with Gasteiger partial charge >= 0.3 is 5.97 Å². The highest BCUT2D eigenvalue weighted by Crippen LogP contribution is 2.34. The highest BCUT2D eigenvalue weighted by molar-refractivity contribution is 5.82. The molecule has 3 N–H and O–H groups in total. The molecule has 0 aromatic heterocycles. The quantitative estimate of drug-likeness (QED) is 0.535. The number of hydrogen-bond acceptors (Lipinski definition) is 2. The second-order valence-corrected chi connectivity index (χ2v) is 5.24. The van der Waals surface area contributed by atoms with Gasteiger partial charge in [-0.3, -0.25) is 4.79 Å². The molecule has 0 aliphatic rings. The number of unbranched alkanes of at least 4 members (excludes halogenated alkanes) is 2. The molecule has 0 heterocycles. The van der Waals surface area contributed by atoms with Crippen molar-refractivity contribution in [2.45, 2.75) is 50.5 Å². The lowest BCUT2D eigenvalue weighted by Gasteiger charge is -2.35. The van der Waals surface area contributed by atoms with Crippen molar-refractivity contribution in [2.75, 3.05) is 0 Å². The van der Waals surface area contributed by atoms with Gasteiger partial charge in [0, 0.05) is 6.04 Å². The van der Waals surface area contributed by atoms with Crippen LogP contribution in [0.1, 0.15) is 44.6 Å². The Kier molecular flexibility index (Phi) is 6.46. The molecule has 0 fully saturated rings. The van der Waals surface area contributed by atoms with E-state index in [0.29, 0.717) is 12.8 Å². The van der Waals surface area contributed by atoms with Gasteiger partial charge in [0.25, 0.3) is 0 Å². The standard InChI is InChI=1S/C17H25NO2/c1-3-5-7-12-15(18)17(13-4-2,16(19)20)14-10-8-6-9-11-14/h4,6,8-11,15H,2-3,5,7,12-13,18H2,1H3,(H,19,20)/t15-,17+/m0/s1. The highest BCUT2D eigenvalue weighted by Gasteiger charge is 2.44. The summed E-state index contributed by atoms with van der Waals surface area (Å²) in [4.78, 5) is 12.0. The van der Waals surface area contributed by atoms with Crippen molar-refractivity contribution in [3.05, 3.63) is 48.6 Å². The maximum atomic E-state index is 12.0. The summed E-state index contributed by atoms with van der Waals surface area (Å²) in [6.45, 7) is 5.84. The van der Waals surface area contributed by atoms with Crippen molar-refractivity contribution in [1.29, 1.82) is 0 Å². The topological polar surface area (TPSA) is 63.3 Å². The minimum atomic E-state index is -1.07. The summed E-state index contributed by atoms with van der Waals surface area (Å²) in [7, 11) is 0. The number of carboxylic acid groups (broad SMARTS) is 1. The molecule has 1 aromatic carbocycles. The lowest BCUT2D eigenvalue weighted by atomic mass is 9.70. The van der Waals surface area contributed by atoms with Gasteiger partial charge in [0.1, 0.15) is 5.41 Å². The van der Waals surface area contributed by atoms with E-state index < -0.39 is 17.4 Å². The zero-order chi connectivity index (χ0) is 15.0. The fraction of sp³-hybridized carbons (Fsp3) is 0.471. The first-order valence-corrected chi connectivity index (χ1v) is 7.25. The Morgan fingerprint density at radius 1 is 1.40 bits per heavy atom. The molecule has 0 spiro atoms. The molecule has 110 valence electrons. The van der Waals surface area contributed by atoms with Crippen molar-refractivity contribution >= 4 is 5.97 Å². The Labute approximate surface area is 121 Å². The lowest BCUT2D eigenvalue weighted by molar-refractivity contribution is -0.144. The molecule has 0 unspecified atom stereocenters. The number of rotatable bonds is 9. The fourth-order valence-corrected chi connectivity index (χ4v) is 2.68. The van der Waals surface area contributed by atoms with E-state index in [-0.39, 0.29) is 0 Å². The summed E-state index contributed by atoms with van der Waals surface area (Å²) < 4.78 is 0. The van der Waals surface area contributed by atoms with E-state index in [1.807, 2.05) is 30.3 Å². The smallest absolute Gasteiger partial charge is 0.316 e. The van der Waals surface area contributed by atoms with Crippen LogP contribution in [-0.2, 0) is 10.2 Å². The Hall–Kier alpha value is -1.61. The van der Waals surface area contributed by atoms with E-state index >= 15 is 0 Å². The van der Waals surface area contributed by atoms with E-state index in [4.69, 9.17) is 5.73 Å². The molecule has 3 nitrogen and oxygen atoms in total. The average molecular weight is 275 g/mol. The summed E-state index contributed by atoms with van der Waals surface area (Å²) in [5, 5.41) is 9.81. The van der Waals surface area contributed by atoms with Crippen LogP contribution in [0.4, 0.5) is 0 Å². The lowest BCUT2D eigenvalue weighted by Crippen LogP contribution is -2.51. The second-order valence-electron chi connectivity index (χ2n) is 5.24. The van der Waals surface area contributed by atoms with Crippen molar-refractivity contribution in [3.8, 4) is 0 Å². The first-order valence-electron chi connectivity index (χ1n) is 7.25.